The second-order valence-electron chi connectivity index (χ2n) is 4.28. The van der Waals surface area contributed by atoms with E-state index in [-0.39, 0.29) is 5.78 Å². The molecule has 0 fully saturated rings. The molecule has 3 heteroatoms. The van der Waals surface area contributed by atoms with E-state index in [0.717, 1.165) is 0 Å². The van der Waals surface area contributed by atoms with E-state index in [9.17, 15) is 9.59 Å². The number of hydrogen-bond acceptors (Lipinski definition) is 2. The molecule has 3 nitrogen and oxygen atoms in total. The smallest absolute Gasteiger partial charge is 0.313 e. The summed E-state index contributed by atoms with van der Waals surface area (Å²) < 4.78 is 0. The van der Waals surface area contributed by atoms with Crippen LogP contribution in [0.2, 0.25) is 0 Å². The summed E-state index contributed by atoms with van der Waals surface area (Å²) in [6, 6.07) is 6.78. The first-order valence-corrected chi connectivity index (χ1v) is 5.26. The number of ketones is 1. The summed E-state index contributed by atoms with van der Waals surface area (Å²) in [4.78, 5) is 22.4. The minimum atomic E-state index is -0.923. The number of benzene rings is 1. The van der Waals surface area contributed by atoms with Gasteiger partial charge >= 0.3 is 5.97 Å². The topological polar surface area (TPSA) is 54.4 Å². The SMILES string of the molecule is CCC(=O)c1ccc(C(C)(C)C(=O)O)cc1. The second-order valence-corrected chi connectivity index (χ2v) is 4.28. The van der Waals surface area contributed by atoms with Crippen molar-refractivity contribution in [2.24, 2.45) is 0 Å². The Bertz CT molecular complexity index is 402. The molecule has 0 aromatic heterocycles. The monoisotopic (exact) mass is 220 g/mol. The molecule has 86 valence electrons. The van der Waals surface area contributed by atoms with Gasteiger partial charge in [-0.3, -0.25) is 9.59 Å². The van der Waals surface area contributed by atoms with Crippen molar-refractivity contribution < 1.29 is 14.7 Å². The van der Waals surface area contributed by atoms with Gasteiger partial charge in [0, 0.05) is 12.0 Å². The zero-order valence-corrected chi connectivity index (χ0v) is 9.78. The molecular formula is C13H16O3. The third-order valence-electron chi connectivity index (χ3n) is 2.78. The molecule has 0 spiro atoms. The number of rotatable bonds is 4. The van der Waals surface area contributed by atoms with Crippen molar-refractivity contribution in [2.75, 3.05) is 0 Å². The Kier molecular flexibility index (Phi) is 3.48. The highest BCUT2D eigenvalue weighted by Crippen LogP contribution is 2.23. The minimum absolute atomic E-state index is 0.0691. The van der Waals surface area contributed by atoms with Crippen molar-refractivity contribution in [3.63, 3.8) is 0 Å². The molecule has 1 N–H and O–H groups in total. The molecule has 0 aliphatic heterocycles. The Balaban J connectivity index is 3.04. The van der Waals surface area contributed by atoms with E-state index in [0.29, 0.717) is 17.5 Å². The van der Waals surface area contributed by atoms with Crippen molar-refractivity contribution in [3.05, 3.63) is 35.4 Å². The van der Waals surface area contributed by atoms with E-state index in [1.807, 2.05) is 0 Å². The molecule has 1 aromatic rings. The van der Waals surface area contributed by atoms with Crippen LogP contribution >= 0.6 is 0 Å². The second kappa shape index (κ2) is 4.47. The van der Waals surface area contributed by atoms with Crippen LogP contribution in [0.1, 0.15) is 43.1 Å². The fourth-order valence-electron chi connectivity index (χ4n) is 1.40. The zero-order chi connectivity index (χ0) is 12.3. The highest BCUT2D eigenvalue weighted by atomic mass is 16.4. The largest absolute Gasteiger partial charge is 0.481 e. The van der Waals surface area contributed by atoms with Gasteiger partial charge in [-0.1, -0.05) is 31.2 Å². The van der Waals surface area contributed by atoms with E-state index in [1.165, 1.54) is 0 Å². The molecule has 16 heavy (non-hydrogen) atoms. The molecular weight excluding hydrogens is 204 g/mol. The van der Waals surface area contributed by atoms with Crippen molar-refractivity contribution in [2.45, 2.75) is 32.6 Å². The van der Waals surface area contributed by atoms with Gasteiger partial charge in [0.2, 0.25) is 0 Å². The van der Waals surface area contributed by atoms with Gasteiger partial charge in [-0.05, 0) is 19.4 Å². The van der Waals surface area contributed by atoms with Crippen molar-refractivity contribution >= 4 is 11.8 Å². The molecule has 1 aromatic carbocycles. The molecule has 0 aliphatic rings. The molecule has 0 saturated carbocycles. The van der Waals surface area contributed by atoms with Gasteiger partial charge in [0.1, 0.15) is 0 Å². The van der Waals surface area contributed by atoms with Crippen molar-refractivity contribution in [1.82, 2.24) is 0 Å². The first-order valence-electron chi connectivity index (χ1n) is 5.26. The van der Waals surface area contributed by atoms with Crippen LogP contribution in [0.5, 0.6) is 0 Å². The predicted octanol–water partition coefficient (Wildman–Crippen LogP) is 2.64. The Morgan fingerprint density at radius 3 is 2.06 bits per heavy atom. The summed E-state index contributed by atoms with van der Waals surface area (Å²) in [5.74, 6) is -0.804. The van der Waals surface area contributed by atoms with E-state index in [2.05, 4.69) is 0 Å². The predicted molar refractivity (Wildman–Crippen MR) is 61.7 cm³/mol. The Morgan fingerprint density at radius 2 is 1.69 bits per heavy atom. The average Bonchev–Trinajstić information content (AvgIpc) is 2.28. The van der Waals surface area contributed by atoms with Crippen LogP contribution in [-0.2, 0) is 10.2 Å². The van der Waals surface area contributed by atoms with Gasteiger partial charge in [-0.25, -0.2) is 0 Å². The van der Waals surface area contributed by atoms with Gasteiger partial charge in [-0.2, -0.15) is 0 Å². The van der Waals surface area contributed by atoms with Crippen molar-refractivity contribution in [1.29, 1.82) is 0 Å². The third kappa shape index (κ3) is 2.30. The van der Waals surface area contributed by atoms with E-state index < -0.39 is 11.4 Å². The molecule has 0 heterocycles. The standard InChI is InChI=1S/C13H16O3/c1-4-11(14)9-5-7-10(8-6-9)13(2,3)12(15)16/h5-8H,4H2,1-3H3,(H,15,16). The van der Waals surface area contributed by atoms with Gasteiger partial charge in [0.25, 0.3) is 0 Å². The van der Waals surface area contributed by atoms with Gasteiger partial charge in [0.05, 0.1) is 5.41 Å². The first kappa shape index (κ1) is 12.4. The van der Waals surface area contributed by atoms with Crippen LogP contribution in [0.4, 0.5) is 0 Å². The summed E-state index contributed by atoms with van der Waals surface area (Å²) in [5, 5.41) is 9.05. The summed E-state index contributed by atoms with van der Waals surface area (Å²) in [7, 11) is 0. The number of aliphatic carboxylic acids is 1. The zero-order valence-electron chi connectivity index (χ0n) is 9.78. The fourth-order valence-corrected chi connectivity index (χ4v) is 1.40. The van der Waals surface area contributed by atoms with Gasteiger partial charge in [-0.15, -0.1) is 0 Å². The third-order valence-corrected chi connectivity index (χ3v) is 2.78. The molecule has 0 aliphatic carbocycles. The van der Waals surface area contributed by atoms with Crippen LogP contribution in [0.25, 0.3) is 0 Å². The summed E-state index contributed by atoms with van der Waals surface area (Å²) >= 11 is 0. The maximum Gasteiger partial charge on any atom is 0.313 e. The lowest BCUT2D eigenvalue weighted by Gasteiger charge is -2.19. The van der Waals surface area contributed by atoms with Crippen LogP contribution in [0.15, 0.2) is 24.3 Å². The quantitative estimate of drug-likeness (QED) is 0.793. The average molecular weight is 220 g/mol. The highest BCUT2D eigenvalue weighted by molar-refractivity contribution is 5.96. The minimum Gasteiger partial charge on any atom is -0.481 e. The fraction of sp³-hybridized carbons (Fsp3) is 0.385. The van der Waals surface area contributed by atoms with Gasteiger partial charge in [0.15, 0.2) is 5.78 Å². The molecule has 0 bridgehead atoms. The summed E-state index contributed by atoms with van der Waals surface area (Å²) in [5.41, 5.74) is 0.411. The van der Waals surface area contributed by atoms with Crippen LogP contribution < -0.4 is 0 Å². The lowest BCUT2D eigenvalue weighted by atomic mass is 9.84. The molecule has 0 atom stereocenters. The Hall–Kier alpha value is -1.64. The Morgan fingerprint density at radius 1 is 1.19 bits per heavy atom. The van der Waals surface area contributed by atoms with E-state index in [4.69, 9.17) is 5.11 Å². The van der Waals surface area contributed by atoms with Crippen molar-refractivity contribution in [3.8, 4) is 0 Å². The van der Waals surface area contributed by atoms with Crippen LogP contribution in [0, 0.1) is 0 Å². The highest BCUT2D eigenvalue weighted by Gasteiger charge is 2.29. The van der Waals surface area contributed by atoms with E-state index in [1.54, 1.807) is 45.0 Å². The Labute approximate surface area is 95.1 Å². The molecule has 0 radical (unpaired) electrons. The van der Waals surface area contributed by atoms with Crippen LogP contribution in [0.3, 0.4) is 0 Å². The normalized spacial score (nSPS) is 11.2. The lowest BCUT2D eigenvalue weighted by Crippen LogP contribution is -2.28. The number of carboxylic acids is 1. The maximum absolute atomic E-state index is 11.4. The number of Topliss-reactive ketones (excluding diaryl/α,β-unsaturated/α-hetero) is 1. The molecule has 0 saturated heterocycles. The number of carbonyl (C=O) groups is 2. The number of carboxylic acid groups (broad SMARTS) is 1. The summed E-state index contributed by atoms with van der Waals surface area (Å²) in [6.07, 6.45) is 0.460. The number of carbonyl (C=O) groups excluding carboxylic acids is 1. The van der Waals surface area contributed by atoms with E-state index >= 15 is 0 Å². The molecule has 0 amide bonds. The van der Waals surface area contributed by atoms with Gasteiger partial charge < -0.3 is 5.11 Å². The molecule has 0 unspecified atom stereocenters. The molecule has 1 rings (SSSR count). The lowest BCUT2D eigenvalue weighted by molar-refractivity contribution is -0.142. The summed E-state index contributed by atoms with van der Waals surface area (Å²) in [6.45, 7) is 5.09. The maximum atomic E-state index is 11.4. The first-order chi connectivity index (χ1) is 7.39. The van der Waals surface area contributed by atoms with Crippen LogP contribution in [-0.4, -0.2) is 16.9 Å². The number of hydrogen-bond donors (Lipinski definition) is 1.